The summed E-state index contributed by atoms with van der Waals surface area (Å²) >= 11 is 0. The molecule has 0 N–H and O–H groups in total. The average Bonchev–Trinajstić information content (AvgIpc) is 2.62. The van der Waals surface area contributed by atoms with Crippen molar-refractivity contribution in [1.82, 2.24) is 0 Å². The number of hydrogen-bond donors (Lipinski definition) is 0. The number of hydrogen-bond acceptors (Lipinski definition) is 0. The van der Waals surface area contributed by atoms with E-state index in [1.807, 2.05) is 0 Å². The lowest BCUT2D eigenvalue weighted by Gasteiger charge is -2.29. The molecule has 26 heavy (non-hydrogen) atoms. The van der Waals surface area contributed by atoms with Gasteiger partial charge in [0.15, 0.2) is 0 Å². The highest BCUT2D eigenvalue weighted by Gasteiger charge is 2.25. The Morgan fingerprint density at radius 3 is 2.00 bits per heavy atom. The molecule has 1 aliphatic heterocycles. The van der Waals surface area contributed by atoms with Crippen LogP contribution in [0.5, 0.6) is 0 Å². The van der Waals surface area contributed by atoms with Crippen molar-refractivity contribution in [2.45, 2.75) is 103 Å². The molecule has 0 amide bonds. The van der Waals surface area contributed by atoms with E-state index in [9.17, 15) is 8.78 Å². The van der Waals surface area contributed by atoms with Crippen LogP contribution < -0.4 is 0 Å². The van der Waals surface area contributed by atoms with Crippen molar-refractivity contribution >= 4 is 8.80 Å². The summed E-state index contributed by atoms with van der Waals surface area (Å²) in [5.41, 5.74) is 1.97. The standard InChI is InChI=1S/C23H38F2Si/c1-17-3-7-20(22(24)15-17)9-10-21-8-6-19(16-23(21)25)5-4-18-11-13-26(2)14-12-18/h17-19,26H,3-16H2,1-2H3. The van der Waals surface area contributed by atoms with Gasteiger partial charge in [-0.2, -0.15) is 0 Å². The molecule has 0 aromatic carbocycles. The minimum atomic E-state index is -0.337. The van der Waals surface area contributed by atoms with E-state index < -0.39 is 0 Å². The maximum absolute atomic E-state index is 14.6. The first-order valence-corrected chi connectivity index (χ1v) is 14.0. The van der Waals surface area contributed by atoms with Gasteiger partial charge >= 0.3 is 0 Å². The molecular formula is C23H38F2Si. The lowest BCUT2D eigenvalue weighted by molar-refractivity contribution is 0.321. The maximum atomic E-state index is 14.6. The summed E-state index contributed by atoms with van der Waals surface area (Å²) < 4.78 is 28.7. The Morgan fingerprint density at radius 1 is 0.808 bits per heavy atom. The molecule has 1 fully saturated rings. The third-order valence-electron chi connectivity index (χ3n) is 7.40. The van der Waals surface area contributed by atoms with E-state index in [1.54, 1.807) is 0 Å². The van der Waals surface area contributed by atoms with Gasteiger partial charge in [0.05, 0.1) is 11.7 Å². The Bertz CT molecular complexity index is 528. The summed E-state index contributed by atoms with van der Waals surface area (Å²) in [6.45, 7) is 4.63. The van der Waals surface area contributed by atoms with Crippen molar-refractivity contribution in [3.05, 3.63) is 22.8 Å². The first-order valence-electron chi connectivity index (χ1n) is 11.2. The lowest BCUT2D eigenvalue weighted by atomic mass is 9.81. The molecular weight excluding hydrogens is 342 g/mol. The lowest BCUT2D eigenvalue weighted by Crippen LogP contribution is -2.19. The fraction of sp³-hybridized carbons (Fsp3) is 0.826. The topological polar surface area (TPSA) is 0 Å². The largest absolute Gasteiger partial charge is 0.212 e. The predicted octanol–water partition coefficient (Wildman–Crippen LogP) is 7.88. The number of rotatable bonds is 6. The van der Waals surface area contributed by atoms with Gasteiger partial charge in [-0.1, -0.05) is 44.8 Å². The molecule has 2 unspecified atom stereocenters. The highest BCUT2D eigenvalue weighted by Crippen LogP contribution is 2.39. The van der Waals surface area contributed by atoms with E-state index in [4.69, 9.17) is 0 Å². The van der Waals surface area contributed by atoms with Gasteiger partial charge in [0.2, 0.25) is 0 Å². The van der Waals surface area contributed by atoms with Gasteiger partial charge in [-0.15, -0.1) is 0 Å². The van der Waals surface area contributed by atoms with E-state index in [0.717, 1.165) is 55.6 Å². The van der Waals surface area contributed by atoms with Gasteiger partial charge in [0.1, 0.15) is 0 Å². The first-order chi connectivity index (χ1) is 12.5. The molecule has 1 saturated heterocycles. The molecule has 2 aliphatic carbocycles. The smallest absolute Gasteiger partial charge is 0.0994 e. The molecule has 0 aromatic heterocycles. The Hall–Kier alpha value is -0.443. The molecule has 0 spiro atoms. The van der Waals surface area contributed by atoms with Crippen LogP contribution in [0.4, 0.5) is 8.78 Å². The van der Waals surface area contributed by atoms with Gasteiger partial charge < -0.3 is 0 Å². The molecule has 0 saturated carbocycles. The van der Waals surface area contributed by atoms with Crippen LogP contribution in [-0.2, 0) is 0 Å². The van der Waals surface area contributed by atoms with Crippen LogP contribution in [0, 0.1) is 17.8 Å². The van der Waals surface area contributed by atoms with Crippen molar-refractivity contribution in [3.8, 4) is 0 Å². The Kier molecular flexibility index (Phi) is 7.54. The summed E-state index contributed by atoms with van der Waals surface area (Å²) in [6, 6.07) is 3.05. The second-order valence-electron chi connectivity index (χ2n) is 9.68. The van der Waals surface area contributed by atoms with Gasteiger partial charge in [-0.05, 0) is 73.8 Å². The second-order valence-corrected chi connectivity index (χ2v) is 13.0. The van der Waals surface area contributed by atoms with Crippen LogP contribution in [0.2, 0.25) is 18.6 Å². The van der Waals surface area contributed by atoms with Crippen molar-refractivity contribution in [2.75, 3.05) is 0 Å². The molecule has 2 atom stereocenters. The molecule has 1 heterocycles. The van der Waals surface area contributed by atoms with Crippen molar-refractivity contribution < 1.29 is 8.78 Å². The van der Waals surface area contributed by atoms with Crippen LogP contribution in [0.1, 0.15) is 84.0 Å². The molecule has 3 heteroatoms. The van der Waals surface area contributed by atoms with Crippen LogP contribution in [0.15, 0.2) is 22.8 Å². The van der Waals surface area contributed by atoms with E-state index in [-0.39, 0.29) is 20.5 Å². The third kappa shape index (κ3) is 5.78. The summed E-state index contributed by atoms with van der Waals surface area (Å²) in [4.78, 5) is 0. The summed E-state index contributed by atoms with van der Waals surface area (Å²) in [6.07, 6.45) is 12.2. The van der Waals surface area contributed by atoms with Crippen LogP contribution in [-0.4, -0.2) is 8.80 Å². The van der Waals surface area contributed by atoms with Gasteiger partial charge in [0.25, 0.3) is 0 Å². The number of halogens is 2. The maximum Gasteiger partial charge on any atom is 0.0994 e. The zero-order valence-electron chi connectivity index (χ0n) is 17.0. The quantitative estimate of drug-likeness (QED) is 0.411. The van der Waals surface area contributed by atoms with Gasteiger partial charge in [0, 0.05) is 21.6 Å². The molecule has 0 radical (unpaired) electrons. The van der Waals surface area contributed by atoms with Crippen LogP contribution in [0.3, 0.4) is 0 Å². The van der Waals surface area contributed by atoms with E-state index in [0.29, 0.717) is 24.7 Å². The summed E-state index contributed by atoms with van der Waals surface area (Å²) in [5.74, 6) is 2.21. The zero-order valence-corrected chi connectivity index (χ0v) is 18.1. The average molecular weight is 381 g/mol. The van der Waals surface area contributed by atoms with Gasteiger partial charge in [-0.3, -0.25) is 0 Å². The SMILES string of the molecule is CC1CCC(CCC2=C(F)CC(CCC3CC[SiH](C)CC3)CC2)=C(F)C1. The first kappa shape index (κ1) is 20.3. The molecule has 0 aromatic rings. The predicted molar refractivity (Wildman–Crippen MR) is 110 cm³/mol. The van der Waals surface area contributed by atoms with Crippen molar-refractivity contribution in [2.24, 2.45) is 17.8 Å². The number of allylic oxidation sites excluding steroid dienone is 4. The van der Waals surface area contributed by atoms with E-state index in [1.165, 1.54) is 37.8 Å². The Labute approximate surface area is 161 Å². The van der Waals surface area contributed by atoms with Crippen LogP contribution >= 0.6 is 0 Å². The normalized spacial score (nSPS) is 33.7. The van der Waals surface area contributed by atoms with Crippen molar-refractivity contribution in [1.29, 1.82) is 0 Å². The summed E-state index contributed by atoms with van der Waals surface area (Å²) in [5, 5.41) is 0. The van der Waals surface area contributed by atoms with Crippen LogP contribution in [0.25, 0.3) is 0 Å². The zero-order chi connectivity index (χ0) is 18.5. The molecule has 3 rings (SSSR count). The highest BCUT2D eigenvalue weighted by atomic mass is 28.3. The summed E-state index contributed by atoms with van der Waals surface area (Å²) in [7, 11) is -0.337. The minimum Gasteiger partial charge on any atom is -0.212 e. The fourth-order valence-electron chi connectivity index (χ4n) is 5.28. The molecule has 3 aliphatic rings. The Morgan fingerprint density at radius 2 is 1.38 bits per heavy atom. The minimum absolute atomic E-state index is 0.100. The Balaban J connectivity index is 1.42. The van der Waals surface area contributed by atoms with Gasteiger partial charge in [-0.25, -0.2) is 8.78 Å². The third-order valence-corrected chi connectivity index (χ3v) is 10.0. The molecule has 148 valence electrons. The van der Waals surface area contributed by atoms with Crippen molar-refractivity contribution in [3.63, 3.8) is 0 Å². The molecule has 0 nitrogen and oxygen atoms in total. The monoisotopic (exact) mass is 380 g/mol. The fourth-order valence-corrected chi connectivity index (χ4v) is 7.65. The highest BCUT2D eigenvalue weighted by molar-refractivity contribution is 6.57. The van der Waals surface area contributed by atoms with E-state index >= 15 is 0 Å². The van der Waals surface area contributed by atoms with E-state index in [2.05, 4.69) is 13.5 Å². The molecule has 0 bridgehead atoms. The second kappa shape index (κ2) is 9.66.